The van der Waals surface area contributed by atoms with Gasteiger partial charge in [-0.15, -0.1) is 0 Å². The Balaban J connectivity index is 1.56. The summed E-state index contributed by atoms with van der Waals surface area (Å²) in [6, 6.07) is 7.19. The number of rotatable bonds is 6. The van der Waals surface area contributed by atoms with Gasteiger partial charge in [-0.25, -0.2) is 8.42 Å². The number of benzene rings is 1. The molecule has 0 bridgehead atoms. The second-order valence-corrected chi connectivity index (χ2v) is 10.2. The molecule has 2 saturated heterocycles. The van der Waals surface area contributed by atoms with Crippen molar-refractivity contribution < 1.29 is 13.2 Å². The van der Waals surface area contributed by atoms with Crippen LogP contribution in [0.2, 0.25) is 0 Å². The molecule has 0 saturated carbocycles. The van der Waals surface area contributed by atoms with Crippen LogP contribution >= 0.6 is 0 Å². The number of nitrogens with zero attached hydrogens (tertiary/aromatic N) is 3. The summed E-state index contributed by atoms with van der Waals surface area (Å²) in [7, 11) is 0.402. The van der Waals surface area contributed by atoms with Crippen molar-refractivity contribution in [3.63, 3.8) is 0 Å². The van der Waals surface area contributed by atoms with Crippen molar-refractivity contribution in [1.29, 1.82) is 0 Å². The van der Waals surface area contributed by atoms with Crippen molar-refractivity contribution in [1.82, 2.24) is 14.5 Å². The lowest BCUT2D eigenvalue weighted by molar-refractivity contribution is 0.181. The van der Waals surface area contributed by atoms with Crippen molar-refractivity contribution in [2.45, 2.75) is 37.6 Å². The van der Waals surface area contributed by atoms with E-state index in [1.165, 1.54) is 0 Å². The minimum absolute atomic E-state index is 0.373. The first-order chi connectivity index (χ1) is 13.9. The van der Waals surface area contributed by atoms with Gasteiger partial charge in [0.1, 0.15) is 0 Å². The minimum Gasteiger partial charge on any atom is -0.381 e. The molecule has 2 unspecified atom stereocenters. The highest BCUT2D eigenvalue weighted by molar-refractivity contribution is 7.89. The van der Waals surface area contributed by atoms with Crippen LogP contribution in [0.4, 0.5) is 0 Å². The van der Waals surface area contributed by atoms with Gasteiger partial charge >= 0.3 is 0 Å². The summed E-state index contributed by atoms with van der Waals surface area (Å²) < 4.78 is 32.8. The molecule has 7 nitrogen and oxygen atoms in total. The molecule has 2 aliphatic rings. The quantitative estimate of drug-likeness (QED) is 0.562. The van der Waals surface area contributed by atoms with Crippen molar-refractivity contribution in [2.24, 2.45) is 16.8 Å². The molecule has 0 aliphatic carbocycles. The van der Waals surface area contributed by atoms with Gasteiger partial charge in [0.05, 0.1) is 11.5 Å². The van der Waals surface area contributed by atoms with Gasteiger partial charge in [-0.1, -0.05) is 19.1 Å². The third kappa shape index (κ3) is 5.71. The molecule has 29 heavy (non-hydrogen) atoms. The van der Waals surface area contributed by atoms with Gasteiger partial charge in [-0.3, -0.25) is 4.99 Å². The highest BCUT2D eigenvalue weighted by Crippen LogP contribution is 2.23. The first-order valence-corrected chi connectivity index (χ1v) is 11.9. The van der Waals surface area contributed by atoms with Gasteiger partial charge in [0.25, 0.3) is 0 Å². The number of sulfonamides is 1. The van der Waals surface area contributed by atoms with Crippen molar-refractivity contribution in [3.8, 4) is 0 Å². The molecular formula is C21H34N4O3S. The van der Waals surface area contributed by atoms with Gasteiger partial charge in [0.15, 0.2) is 5.96 Å². The molecule has 0 radical (unpaired) electrons. The van der Waals surface area contributed by atoms with E-state index in [1.807, 2.05) is 19.2 Å². The van der Waals surface area contributed by atoms with Crippen LogP contribution in [0.15, 0.2) is 34.2 Å². The Morgan fingerprint density at radius 1 is 1.31 bits per heavy atom. The van der Waals surface area contributed by atoms with Gasteiger partial charge < -0.3 is 15.0 Å². The van der Waals surface area contributed by atoms with Gasteiger partial charge in [-0.05, 0) is 42.9 Å². The minimum atomic E-state index is -3.41. The third-order valence-corrected chi connectivity index (χ3v) is 7.64. The number of guanidine groups is 1. The normalized spacial score (nSPS) is 23.9. The van der Waals surface area contributed by atoms with Crippen LogP contribution in [-0.4, -0.2) is 70.5 Å². The zero-order valence-electron chi connectivity index (χ0n) is 17.8. The summed E-state index contributed by atoms with van der Waals surface area (Å²) in [5, 5.41) is 3.36. The standard InChI is InChI=1S/C21H34N4O3S/c1-17-5-4-11-25(14-17)29(26,27)20-8-6-18(7-9-20)13-23-21(22-2)24(3)15-19-10-12-28-16-19/h6-9,17,19H,4-5,10-16H2,1-3H3,(H,22,23). The topological polar surface area (TPSA) is 74.2 Å². The van der Waals surface area contributed by atoms with Crippen LogP contribution < -0.4 is 5.32 Å². The van der Waals surface area contributed by atoms with Crippen LogP contribution in [0.1, 0.15) is 31.7 Å². The summed E-state index contributed by atoms with van der Waals surface area (Å²) in [6.07, 6.45) is 3.12. The Hall–Kier alpha value is -1.64. The molecule has 2 aliphatic heterocycles. The molecule has 0 amide bonds. The number of ether oxygens (including phenoxy) is 1. The molecule has 3 rings (SSSR count). The Kier molecular flexibility index (Phi) is 7.54. The zero-order valence-corrected chi connectivity index (χ0v) is 18.6. The highest BCUT2D eigenvalue weighted by atomic mass is 32.2. The maximum Gasteiger partial charge on any atom is 0.243 e. The SMILES string of the molecule is CN=C(NCc1ccc(S(=O)(=O)N2CCCC(C)C2)cc1)N(C)CC1CCOC1. The Morgan fingerprint density at radius 3 is 2.69 bits per heavy atom. The lowest BCUT2D eigenvalue weighted by atomic mass is 10.0. The summed E-state index contributed by atoms with van der Waals surface area (Å²) >= 11 is 0. The van der Waals surface area contributed by atoms with Crippen molar-refractivity contribution in [2.75, 3.05) is 46.9 Å². The first kappa shape index (κ1) is 22.1. The molecule has 0 spiro atoms. The highest BCUT2D eigenvalue weighted by Gasteiger charge is 2.28. The fourth-order valence-corrected chi connectivity index (χ4v) is 5.66. The fourth-order valence-electron chi connectivity index (χ4n) is 4.06. The van der Waals surface area contributed by atoms with Gasteiger partial charge in [-0.2, -0.15) is 4.31 Å². The largest absolute Gasteiger partial charge is 0.381 e. The predicted molar refractivity (Wildman–Crippen MR) is 115 cm³/mol. The summed E-state index contributed by atoms with van der Waals surface area (Å²) in [4.78, 5) is 6.85. The van der Waals surface area contributed by atoms with E-state index in [4.69, 9.17) is 4.74 Å². The molecule has 2 fully saturated rings. The Bertz CT molecular complexity index is 789. The van der Waals surface area contributed by atoms with E-state index < -0.39 is 10.0 Å². The average Bonchev–Trinajstić information content (AvgIpc) is 3.22. The van der Waals surface area contributed by atoms with Crippen molar-refractivity contribution >= 4 is 16.0 Å². The second-order valence-electron chi connectivity index (χ2n) is 8.27. The van der Waals surface area contributed by atoms with E-state index in [-0.39, 0.29) is 0 Å². The van der Waals surface area contributed by atoms with Crippen molar-refractivity contribution in [3.05, 3.63) is 29.8 Å². The maximum atomic E-state index is 12.9. The third-order valence-electron chi connectivity index (χ3n) is 5.76. The molecule has 0 aromatic heterocycles. The first-order valence-electron chi connectivity index (χ1n) is 10.5. The number of piperidine rings is 1. The summed E-state index contributed by atoms with van der Waals surface area (Å²) in [5.41, 5.74) is 1.02. The maximum absolute atomic E-state index is 12.9. The molecule has 1 aromatic carbocycles. The van der Waals surface area contributed by atoms with E-state index >= 15 is 0 Å². The number of aliphatic imine (C=N–C) groups is 1. The summed E-state index contributed by atoms with van der Waals surface area (Å²) in [5.74, 6) is 1.79. The van der Waals surface area contributed by atoms with E-state index in [1.54, 1.807) is 23.5 Å². The average molecular weight is 423 g/mol. The van der Waals surface area contributed by atoms with Gasteiger partial charge in [0, 0.05) is 52.8 Å². The lowest BCUT2D eigenvalue weighted by Gasteiger charge is -2.30. The smallest absolute Gasteiger partial charge is 0.243 e. The van der Waals surface area contributed by atoms with Gasteiger partial charge in [0.2, 0.25) is 10.0 Å². The summed E-state index contributed by atoms with van der Waals surface area (Å²) in [6.45, 7) is 6.50. The van der Waals surface area contributed by atoms with E-state index in [0.717, 1.165) is 50.5 Å². The predicted octanol–water partition coefficient (Wildman–Crippen LogP) is 2.15. The molecule has 8 heteroatoms. The monoisotopic (exact) mass is 422 g/mol. The van der Waals surface area contributed by atoms with Crippen LogP contribution in [-0.2, 0) is 21.3 Å². The Morgan fingerprint density at radius 2 is 2.07 bits per heavy atom. The molecule has 2 atom stereocenters. The van der Waals surface area contributed by atoms with E-state index in [9.17, 15) is 8.42 Å². The number of hydrogen-bond acceptors (Lipinski definition) is 4. The van der Waals surface area contributed by atoms with Crippen LogP contribution in [0.25, 0.3) is 0 Å². The number of nitrogens with one attached hydrogen (secondary N) is 1. The van der Waals surface area contributed by atoms with E-state index in [0.29, 0.717) is 36.4 Å². The van der Waals surface area contributed by atoms with E-state index in [2.05, 4.69) is 22.1 Å². The lowest BCUT2D eigenvalue weighted by Crippen LogP contribution is -2.41. The van der Waals surface area contributed by atoms with Crippen LogP contribution in [0, 0.1) is 11.8 Å². The van der Waals surface area contributed by atoms with Crippen LogP contribution in [0.5, 0.6) is 0 Å². The van der Waals surface area contributed by atoms with Crippen LogP contribution in [0.3, 0.4) is 0 Å². The molecule has 1 N–H and O–H groups in total. The fraction of sp³-hybridized carbons (Fsp3) is 0.667. The zero-order chi connectivity index (χ0) is 20.9. The molecule has 1 aromatic rings. The molecular weight excluding hydrogens is 388 g/mol. The second kappa shape index (κ2) is 9.91. The molecule has 2 heterocycles. The number of hydrogen-bond donors (Lipinski definition) is 1. The Labute approximate surface area is 175 Å². The molecule has 162 valence electrons.